The van der Waals surface area contributed by atoms with Crippen LogP contribution in [0.5, 0.6) is 0 Å². The van der Waals surface area contributed by atoms with E-state index in [4.69, 9.17) is 19.0 Å². The van der Waals surface area contributed by atoms with Crippen LogP contribution in [-0.4, -0.2) is 61.6 Å². The predicted molar refractivity (Wildman–Crippen MR) is 142 cm³/mol. The number of carboxylic acids is 1. The second-order valence-electron chi connectivity index (χ2n) is 10.9. The number of ether oxygens (including phenoxy) is 2. The maximum atomic E-state index is 10.9. The van der Waals surface area contributed by atoms with Gasteiger partial charge in [0.2, 0.25) is 0 Å². The molecule has 2 aromatic carbocycles. The first-order valence-electron chi connectivity index (χ1n) is 12.8. The van der Waals surface area contributed by atoms with E-state index in [1.807, 2.05) is 12.1 Å². The first kappa shape index (κ1) is 26.8. The van der Waals surface area contributed by atoms with Gasteiger partial charge in [0.15, 0.2) is 0 Å². The van der Waals surface area contributed by atoms with E-state index in [0.29, 0.717) is 19.4 Å². The second-order valence-corrected chi connectivity index (χ2v) is 15.2. The van der Waals surface area contributed by atoms with Gasteiger partial charge in [-0.15, -0.1) is 0 Å². The molecule has 36 heavy (non-hydrogen) atoms. The molecule has 2 saturated heterocycles. The van der Waals surface area contributed by atoms with Crippen molar-refractivity contribution >= 4 is 24.7 Å². The van der Waals surface area contributed by atoms with Crippen LogP contribution in [-0.2, 0) is 18.7 Å². The van der Waals surface area contributed by atoms with Crippen molar-refractivity contribution < 1.29 is 28.9 Å². The van der Waals surface area contributed by atoms with E-state index in [1.165, 1.54) is 10.4 Å². The number of rotatable bonds is 9. The third kappa shape index (κ3) is 5.36. The summed E-state index contributed by atoms with van der Waals surface area (Å²) in [6.45, 7) is 7.20. The van der Waals surface area contributed by atoms with Gasteiger partial charge in [0.05, 0.1) is 24.9 Å². The van der Waals surface area contributed by atoms with Gasteiger partial charge >= 0.3 is 5.97 Å². The molecule has 0 saturated carbocycles. The SMILES string of the molecule is CC(C)(C)[Si](OCCC1CCC2OC(/C=C/C(=O)O)CC2(CO)O1)(c1ccccc1)c1ccccc1. The minimum absolute atomic E-state index is 0.0579. The second kappa shape index (κ2) is 11.0. The Balaban J connectivity index is 1.51. The Morgan fingerprint density at radius 2 is 1.69 bits per heavy atom. The number of fused-ring (bicyclic) bond motifs is 1. The monoisotopic (exact) mass is 510 g/mol. The fraction of sp³-hybridized carbons (Fsp3) is 0.483. The number of benzene rings is 2. The van der Waals surface area contributed by atoms with E-state index >= 15 is 0 Å². The fourth-order valence-electron chi connectivity index (χ4n) is 5.85. The lowest BCUT2D eigenvalue weighted by molar-refractivity contribution is -0.184. The number of carbonyl (C=O) groups is 1. The summed E-state index contributed by atoms with van der Waals surface area (Å²) >= 11 is 0. The summed E-state index contributed by atoms with van der Waals surface area (Å²) < 4.78 is 19.5. The van der Waals surface area contributed by atoms with Gasteiger partial charge in [-0.05, 0) is 40.8 Å². The lowest BCUT2D eigenvalue weighted by Crippen LogP contribution is -2.66. The number of hydrogen-bond acceptors (Lipinski definition) is 5. The van der Waals surface area contributed by atoms with Gasteiger partial charge in [0.1, 0.15) is 5.60 Å². The lowest BCUT2D eigenvalue weighted by atomic mass is 9.86. The molecule has 2 aliphatic heterocycles. The van der Waals surface area contributed by atoms with E-state index in [2.05, 4.69) is 69.3 Å². The highest BCUT2D eigenvalue weighted by molar-refractivity contribution is 6.99. The summed E-state index contributed by atoms with van der Waals surface area (Å²) in [6.07, 6.45) is 4.72. The summed E-state index contributed by atoms with van der Waals surface area (Å²) in [7, 11) is -2.61. The van der Waals surface area contributed by atoms with E-state index in [1.54, 1.807) is 6.08 Å². The zero-order valence-electron chi connectivity index (χ0n) is 21.4. The molecule has 194 valence electrons. The highest BCUT2D eigenvalue weighted by Crippen LogP contribution is 2.43. The molecule has 6 nitrogen and oxygen atoms in total. The van der Waals surface area contributed by atoms with Crippen LogP contribution in [0.4, 0.5) is 0 Å². The summed E-state index contributed by atoms with van der Waals surface area (Å²) in [5.41, 5.74) is -0.798. The van der Waals surface area contributed by atoms with Crippen molar-refractivity contribution in [3.63, 3.8) is 0 Å². The molecular weight excluding hydrogens is 472 g/mol. The maximum absolute atomic E-state index is 10.9. The molecule has 4 unspecified atom stereocenters. The molecule has 2 heterocycles. The van der Waals surface area contributed by atoms with E-state index in [9.17, 15) is 9.90 Å². The van der Waals surface area contributed by atoms with Crippen LogP contribution in [0, 0.1) is 0 Å². The Kier molecular flexibility index (Phi) is 8.17. The van der Waals surface area contributed by atoms with Gasteiger partial charge in [0.25, 0.3) is 8.32 Å². The lowest BCUT2D eigenvalue weighted by Gasteiger charge is -2.44. The van der Waals surface area contributed by atoms with Crippen LogP contribution < -0.4 is 10.4 Å². The van der Waals surface area contributed by atoms with Crippen LogP contribution in [0.2, 0.25) is 5.04 Å². The third-order valence-electron chi connectivity index (χ3n) is 7.52. The standard InChI is InChI=1S/C29H38O6Si/c1-28(2,3)36(24-10-6-4-7-11-24,25-12-8-5-9-13-25)33-19-18-22-14-16-26-29(21-30,35-22)20-23(34-26)15-17-27(31)32/h4-13,15,17,22-23,26,30H,14,16,18-21H2,1-3H3,(H,31,32)/b17-15+. The van der Waals surface area contributed by atoms with Crippen LogP contribution in [0.1, 0.15) is 46.5 Å². The van der Waals surface area contributed by atoms with Gasteiger partial charge in [-0.1, -0.05) is 81.4 Å². The summed E-state index contributed by atoms with van der Waals surface area (Å²) in [5, 5.41) is 21.6. The zero-order chi connectivity index (χ0) is 25.8. The topological polar surface area (TPSA) is 85.2 Å². The number of aliphatic hydroxyl groups excluding tert-OH is 1. The van der Waals surface area contributed by atoms with Crippen LogP contribution in [0.3, 0.4) is 0 Å². The number of aliphatic carboxylic acids is 1. The molecule has 4 atom stereocenters. The molecule has 7 heteroatoms. The van der Waals surface area contributed by atoms with E-state index in [-0.39, 0.29) is 30.0 Å². The smallest absolute Gasteiger partial charge is 0.328 e. The third-order valence-corrected chi connectivity index (χ3v) is 12.6. The van der Waals surface area contributed by atoms with Gasteiger partial charge in [-0.3, -0.25) is 0 Å². The molecule has 0 aliphatic carbocycles. The molecular formula is C29H38O6Si. The molecule has 4 rings (SSSR count). The molecule has 0 spiro atoms. The number of hydrogen-bond donors (Lipinski definition) is 2. The van der Waals surface area contributed by atoms with Crippen molar-refractivity contribution in [1.29, 1.82) is 0 Å². The van der Waals surface area contributed by atoms with Crippen molar-refractivity contribution in [2.45, 2.75) is 75.4 Å². The minimum Gasteiger partial charge on any atom is -0.478 e. The zero-order valence-corrected chi connectivity index (χ0v) is 22.4. The van der Waals surface area contributed by atoms with E-state index < -0.39 is 19.9 Å². The molecule has 2 aliphatic rings. The Hall–Kier alpha value is -2.29. The Labute approximate surface area is 215 Å². The van der Waals surface area contributed by atoms with Crippen molar-refractivity contribution in [3.8, 4) is 0 Å². The fourth-order valence-corrected chi connectivity index (χ4v) is 10.4. The van der Waals surface area contributed by atoms with Crippen LogP contribution in [0.15, 0.2) is 72.8 Å². The summed E-state index contributed by atoms with van der Waals surface area (Å²) in [5.74, 6) is -1.01. The molecule has 0 bridgehead atoms. The minimum atomic E-state index is -2.61. The van der Waals surface area contributed by atoms with E-state index in [0.717, 1.165) is 18.9 Å². The van der Waals surface area contributed by atoms with Crippen molar-refractivity contribution in [2.75, 3.05) is 13.2 Å². The normalized spacial score (nSPS) is 26.7. The Morgan fingerprint density at radius 3 is 2.22 bits per heavy atom. The first-order chi connectivity index (χ1) is 17.2. The van der Waals surface area contributed by atoms with Crippen LogP contribution in [0.25, 0.3) is 0 Å². The summed E-state index contributed by atoms with van der Waals surface area (Å²) in [6, 6.07) is 21.2. The average molecular weight is 511 g/mol. The van der Waals surface area contributed by atoms with Gasteiger partial charge < -0.3 is 24.1 Å². The predicted octanol–water partition coefficient (Wildman–Crippen LogP) is 3.66. The van der Waals surface area contributed by atoms with Crippen molar-refractivity contribution in [3.05, 3.63) is 72.8 Å². The highest BCUT2D eigenvalue weighted by atomic mass is 28.4. The quantitative estimate of drug-likeness (QED) is 0.396. The highest BCUT2D eigenvalue weighted by Gasteiger charge is 2.53. The number of carboxylic acid groups (broad SMARTS) is 1. The molecule has 0 aromatic heterocycles. The van der Waals surface area contributed by atoms with Crippen molar-refractivity contribution in [1.82, 2.24) is 0 Å². The largest absolute Gasteiger partial charge is 0.478 e. The molecule has 0 radical (unpaired) electrons. The Morgan fingerprint density at radius 1 is 1.08 bits per heavy atom. The maximum Gasteiger partial charge on any atom is 0.328 e. The van der Waals surface area contributed by atoms with Gasteiger partial charge in [-0.25, -0.2) is 4.79 Å². The Bertz CT molecular complexity index is 995. The first-order valence-corrected chi connectivity index (χ1v) is 14.7. The van der Waals surface area contributed by atoms with Crippen LogP contribution >= 0.6 is 0 Å². The average Bonchev–Trinajstić information content (AvgIpc) is 3.24. The molecule has 2 N–H and O–H groups in total. The number of aliphatic hydroxyl groups is 1. The molecule has 2 aromatic rings. The molecule has 0 amide bonds. The summed E-state index contributed by atoms with van der Waals surface area (Å²) in [4.78, 5) is 10.9. The molecule has 2 fully saturated rings. The van der Waals surface area contributed by atoms with Crippen molar-refractivity contribution in [2.24, 2.45) is 0 Å². The van der Waals surface area contributed by atoms with Gasteiger partial charge in [0, 0.05) is 19.1 Å². The van der Waals surface area contributed by atoms with Gasteiger partial charge in [-0.2, -0.15) is 0 Å².